The molecule has 1 aliphatic rings. The number of rotatable bonds is 4. The second kappa shape index (κ2) is 8.37. The molecule has 1 aromatic carbocycles. The number of ether oxygens (including phenoxy) is 1. The predicted molar refractivity (Wildman–Crippen MR) is 104 cm³/mol. The summed E-state index contributed by atoms with van der Waals surface area (Å²) in [6, 6.07) is 6.32. The monoisotopic (exact) mass is 374 g/mol. The number of hydrogen-bond donors (Lipinski definition) is 1. The van der Waals surface area contributed by atoms with Crippen LogP contribution in [0.25, 0.3) is 5.57 Å². The van der Waals surface area contributed by atoms with Gasteiger partial charge >= 0.3 is 6.09 Å². The first-order valence-corrected chi connectivity index (χ1v) is 8.97. The van der Waals surface area contributed by atoms with Crippen molar-refractivity contribution in [1.29, 1.82) is 0 Å². The van der Waals surface area contributed by atoms with Crippen LogP contribution in [0, 0.1) is 5.82 Å². The number of hydrogen-bond acceptors (Lipinski definition) is 4. The Morgan fingerprint density at radius 1 is 1.26 bits per heavy atom. The standard InChI is InChI=1S/C21H27FN2O3/c1-14(25)12-16(15-8-6-7-9-18(15)22)17-13-24(11-10-19(17)23-5)20(26)27-21(2,3)4/h6-9,12,23H,10-11,13H2,1-5H3/b16-12-. The van der Waals surface area contributed by atoms with Gasteiger partial charge in [0.1, 0.15) is 11.4 Å². The topological polar surface area (TPSA) is 58.6 Å². The van der Waals surface area contributed by atoms with Gasteiger partial charge in [-0.3, -0.25) is 4.79 Å². The number of halogens is 1. The zero-order valence-corrected chi connectivity index (χ0v) is 16.6. The highest BCUT2D eigenvalue weighted by Crippen LogP contribution is 2.31. The van der Waals surface area contributed by atoms with Gasteiger partial charge in [0.05, 0.1) is 6.54 Å². The van der Waals surface area contributed by atoms with Gasteiger partial charge in [-0.15, -0.1) is 0 Å². The maximum atomic E-state index is 14.5. The molecule has 0 atom stereocenters. The first kappa shape index (κ1) is 20.7. The molecule has 0 saturated heterocycles. The fourth-order valence-electron chi connectivity index (χ4n) is 2.98. The Morgan fingerprint density at radius 3 is 2.48 bits per heavy atom. The normalized spacial score (nSPS) is 15.6. The van der Waals surface area contributed by atoms with E-state index in [-0.39, 0.29) is 12.3 Å². The molecule has 0 saturated carbocycles. The van der Waals surface area contributed by atoms with Crippen LogP contribution in [-0.4, -0.2) is 42.5 Å². The van der Waals surface area contributed by atoms with Gasteiger partial charge in [0.2, 0.25) is 0 Å². The molecule has 1 aromatic rings. The van der Waals surface area contributed by atoms with Gasteiger partial charge in [-0.2, -0.15) is 0 Å². The Hall–Kier alpha value is -2.63. The zero-order valence-electron chi connectivity index (χ0n) is 16.6. The molecule has 0 radical (unpaired) electrons. The largest absolute Gasteiger partial charge is 0.444 e. The van der Waals surface area contributed by atoms with Gasteiger partial charge in [0.15, 0.2) is 5.78 Å². The molecule has 146 valence electrons. The lowest BCUT2D eigenvalue weighted by atomic mass is 9.91. The third-order valence-electron chi connectivity index (χ3n) is 4.14. The quantitative estimate of drug-likeness (QED) is 0.812. The molecule has 0 bridgehead atoms. The Morgan fingerprint density at radius 2 is 1.93 bits per heavy atom. The van der Waals surface area contributed by atoms with E-state index in [4.69, 9.17) is 4.74 Å². The van der Waals surface area contributed by atoms with Crippen molar-refractivity contribution in [2.75, 3.05) is 20.1 Å². The summed E-state index contributed by atoms with van der Waals surface area (Å²) in [6.45, 7) is 7.58. The van der Waals surface area contributed by atoms with Gasteiger partial charge in [-0.1, -0.05) is 18.2 Å². The summed E-state index contributed by atoms with van der Waals surface area (Å²) in [5.41, 5.74) is 1.81. The van der Waals surface area contributed by atoms with Crippen LogP contribution < -0.4 is 5.32 Å². The van der Waals surface area contributed by atoms with E-state index < -0.39 is 17.5 Å². The Labute approximate surface area is 159 Å². The molecule has 6 heteroatoms. The second-order valence-electron chi connectivity index (χ2n) is 7.51. The molecule has 0 aromatic heterocycles. The van der Waals surface area contributed by atoms with Crippen molar-refractivity contribution in [2.24, 2.45) is 0 Å². The van der Waals surface area contributed by atoms with E-state index in [0.29, 0.717) is 24.1 Å². The zero-order chi connectivity index (χ0) is 20.2. The van der Waals surface area contributed by atoms with Crippen LogP contribution in [0.3, 0.4) is 0 Å². The van der Waals surface area contributed by atoms with Crippen molar-refractivity contribution in [3.8, 4) is 0 Å². The fourth-order valence-corrected chi connectivity index (χ4v) is 2.98. The number of amides is 1. The molecule has 0 aliphatic carbocycles. The molecular weight excluding hydrogens is 347 g/mol. The van der Waals surface area contributed by atoms with Crippen LogP contribution >= 0.6 is 0 Å². The summed E-state index contributed by atoms with van der Waals surface area (Å²) in [6.07, 6.45) is 1.56. The molecule has 0 unspecified atom stereocenters. The van der Waals surface area contributed by atoms with Gasteiger partial charge < -0.3 is 15.0 Å². The molecule has 27 heavy (non-hydrogen) atoms. The molecule has 0 fully saturated rings. The Balaban J connectivity index is 2.46. The molecule has 5 nitrogen and oxygen atoms in total. The van der Waals surface area contributed by atoms with E-state index in [1.165, 1.54) is 19.1 Å². The van der Waals surface area contributed by atoms with Crippen LogP contribution in [0.1, 0.15) is 39.7 Å². The average molecular weight is 374 g/mol. The second-order valence-corrected chi connectivity index (χ2v) is 7.51. The SMILES string of the molecule is CNC1=C(/C(=C\C(C)=O)c2ccccc2F)CN(C(=O)OC(C)(C)C)CC1. The summed E-state index contributed by atoms with van der Waals surface area (Å²) < 4.78 is 19.9. The summed E-state index contributed by atoms with van der Waals surface area (Å²) in [5, 5.41) is 3.13. The summed E-state index contributed by atoms with van der Waals surface area (Å²) in [5.74, 6) is -0.604. The third-order valence-corrected chi connectivity index (χ3v) is 4.14. The minimum atomic E-state index is -0.603. The van der Waals surface area contributed by atoms with Crippen LogP contribution in [0.5, 0.6) is 0 Å². The molecule has 0 spiro atoms. The third kappa shape index (κ3) is 5.42. The van der Waals surface area contributed by atoms with Crippen LogP contribution in [0.15, 0.2) is 41.6 Å². The van der Waals surface area contributed by atoms with E-state index in [2.05, 4.69) is 5.32 Å². The fraction of sp³-hybridized carbons (Fsp3) is 0.429. The number of nitrogens with zero attached hydrogens (tertiary/aromatic N) is 1. The highest BCUT2D eigenvalue weighted by atomic mass is 19.1. The summed E-state index contributed by atoms with van der Waals surface area (Å²) >= 11 is 0. The molecular formula is C21H27FN2O3. The maximum absolute atomic E-state index is 14.5. The van der Waals surface area contributed by atoms with E-state index in [0.717, 1.165) is 11.3 Å². The molecule has 1 N–H and O–H groups in total. The van der Waals surface area contributed by atoms with Crippen molar-refractivity contribution < 1.29 is 18.7 Å². The molecule has 2 rings (SSSR count). The van der Waals surface area contributed by atoms with Gasteiger partial charge in [0, 0.05) is 31.3 Å². The van der Waals surface area contributed by atoms with E-state index in [9.17, 15) is 14.0 Å². The van der Waals surface area contributed by atoms with E-state index >= 15 is 0 Å². The van der Waals surface area contributed by atoms with Crippen molar-refractivity contribution in [3.63, 3.8) is 0 Å². The van der Waals surface area contributed by atoms with Gasteiger partial charge in [-0.05, 0) is 51.0 Å². The number of allylic oxidation sites excluding steroid dienone is 1. The smallest absolute Gasteiger partial charge is 0.410 e. The van der Waals surface area contributed by atoms with Crippen molar-refractivity contribution >= 4 is 17.4 Å². The van der Waals surface area contributed by atoms with Crippen LogP contribution in [-0.2, 0) is 9.53 Å². The Kier molecular flexibility index (Phi) is 6.41. The first-order valence-electron chi connectivity index (χ1n) is 8.97. The number of carbonyl (C=O) groups is 2. The Bertz CT molecular complexity index is 791. The van der Waals surface area contributed by atoms with Gasteiger partial charge in [0.25, 0.3) is 0 Å². The van der Waals surface area contributed by atoms with Crippen molar-refractivity contribution in [3.05, 3.63) is 53.0 Å². The van der Waals surface area contributed by atoms with Gasteiger partial charge in [-0.25, -0.2) is 9.18 Å². The van der Waals surface area contributed by atoms with Crippen molar-refractivity contribution in [2.45, 2.75) is 39.7 Å². The summed E-state index contributed by atoms with van der Waals surface area (Å²) in [7, 11) is 1.78. The lowest BCUT2D eigenvalue weighted by Gasteiger charge is -2.33. The molecule has 1 aliphatic heterocycles. The number of ketones is 1. The minimum absolute atomic E-state index is 0.189. The number of carbonyl (C=O) groups excluding carboxylic acids is 2. The first-order chi connectivity index (χ1) is 12.6. The lowest BCUT2D eigenvalue weighted by molar-refractivity contribution is -0.112. The van der Waals surface area contributed by atoms with Crippen LogP contribution in [0.2, 0.25) is 0 Å². The lowest BCUT2D eigenvalue weighted by Crippen LogP contribution is -2.42. The summed E-state index contributed by atoms with van der Waals surface area (Å²) in [4.78, 5) is 25.9. The highest BCUT2D eigenvalue weighted by Gasteiger charge is 2.29. The molecule has 1 amide bonds. The maximum Gasteiger partial charge on any atom is 0.410 e. The average Bonchev–Trinajstić information content (AvgIpc) is 2.58. The number of nitrogens with one attached hydrogen (secondary N) is 1. The van der Waals surface area contributed by atoms with Crippen molar-refractivity contribution in [1.82, 2.24) is 10.2 Å². The highest BCUT2D eigenvalue weighted by molar-refractivity contribution is 5.99. The molecule has 1 heterocycles. The predicted octanol–water partition coefficient (Wildman–Crippen LogP) is 3.91. The van der Waals surface area contributed by atoms with Crippen LogP contribution in [0.4, 0.5) is 9.18 Å². The number of benzene rings is 1. The van der Waals surface area contributed by atoms with E-state index in [1.807, 2.05) is 20.8 Å². The minimum Gasteiger partial charge on any atom is -0.444 e. The van der Waals surface area contributed by atoms with E-state index in [1.54, 1.807) is 30.1 Å².